The van der Waals surface area contributed by atoms with E-state index < -0.39 is 0 Å². The van der Waals surface area contributed by atoms with Crippen molar-refractivity contribution < 1.29 is 9.59 Å². The standard InChI is InChI=1S/C18H18N2O2/c21-16(13-19-17(22)14-7-3-1-4-8-14)20-18(11-12-18)15-9-5-2-6-10-15/h1-10H,11-13H2,(H,19,22)(H,20,21). The van der Waals surface area contributed by atoms with E-state index in [4.69, 9.17) is 0 Å². The smallest absolute Gasteiger partial charge is 0.251 e. The lowest BCUT2D eigenvalue weighted by atomic mass is 10.1. The molecule has 0 aliphatic heterocycles. The monoisotopic (exact) mass is 294 g/mol. The van der Waals surface area contributed by atoms with Gasteiger partial charge in [-0.05, 0) is 30.5 Å². The third-order valence-corrected chi connectivity index (χ3v) is 3.90. The summed E-state index contributed by atoms with van der Waals surface area (Å²) in [7, 11) is 0. The van der Waals surface area contributed by atoms with E-state index in [1.165, 1.54) is 0 Å². The molecule has 2 amide bonds. The van der Waals surface area contributed by atoms with E-state index in [1.807, 2.05) is 36.4 Å². The Morgan fingerprint density at radius 3 is 2.09 bits per heavy atom. The molecule has 1 fully saturated rings. The highest BCUT2D eigenvalue weighted by atomic mass is 16.2. The van der Waals surface area contributed by atoms with Gasteiger partial charge in [-0.15, -0.1) is 0 Å². The fourth-order valence-corrected chi connectivity index (χ4v) is 2.53. The topological polar surface area (TPSA) is 58.2 Å². The van der Waals surface area contributed by atoms with Crippen LogP contribution in [0.15, 0.2) is 60.7 Å². The molecule has 0 bridgehead atoms. The van der Waals surface area contributed by atoms with Crippen LogP contribution in [0.25, 0.3) is 0 Å². The van der Waals surface area contributed by atoms with Gasteiger partial charge in [-0.2, -0.15) is 0 Å². The zero-order valence-electron chi connectivity index (χ0n) is 12.2. The molecule has 0 atom stereocenters. The van der Waals surface area contributed by atoms with Gasteiger partial charge in [0.05, 0.1) is 12.1 Å². The molecule has 1 aliphatic carbocycles. The highest BCUT2D eigenvalue weighted by Gasteiger charge is 2.45. The first-order chi connectivity index (χ1) is 10.7. The molecule has 0 aromatic heterocycles. The molecule has 3 rings (SSSR count). The molecule has 1 saturated carbocycles. The van der Waals surface area contributed by atoms with Crippen molar-refractivity contribution in [1.82, 2.24) is 10.6 Å². The van der Waals surface area contributed by atoms with Gasteiger partial charge in [-0.25, -0.2) is 0 Å². The third-order valence-electron chi connectivity index (χ3n) is 3.90. The molecular formula is C18H18N2O2. The van der Waals surface area contributed by atoms with Crippen molar-refractivity contribution in [1.29, 1.82) is 0 Å². The summed E-state index contributed by atoms with van der Waals surface area (Å²) in [4.78, 5) is 24.0. The van der Waals surface area contributed by atoms with Gasteiger partial charge in [0.1, 0.15) is 0 Å². The van der Waals surface area contributed by atoms with Crippen molar-refractivity contribution in [3.8, 4) is 0 Å². The van der Waals surface area contributed by atoms with Gasteiger partial charge in [0.25, 0.3) is 5.91 Å². The maximum absolute atomic E-state index is 12.1. The van der Waals surface area contributed by atoms with Gasteiger partial charge in [0, 0.05) is 5.56 Å². The van der Waals surface area contributed by atoms with Crippen LogP contribution in [0.2, 0.25) is 0 Å². The Morgan fingerprint density at radius 1 is 0.909 bits per heavy atom. The average molecular weight is 294 g/mol. The van der Waals surface area contributed by atoms with E-state index in [-0.39, 0.29) is 23.9 Å². The van der Waals surface area contributed by atoms with E-state index in [1.54, 1.807) is 24.3 Å². The minimum atomic E-state index is -0.240. The fraction of sp³-hybridized carbons (Fsp3) is 0.222. The minimum absolute atomic E-state index is 0.0116. The van der Waals surface area contributed by atoms with Gasteiger partial charge >= 0.3 is 0 Å². The van der Waals surface area contributed by atoms with Crippen molar-refractivity contribution in [2.75, 3.05) is 6.54 Å². The van der Waals surface area contributed by atoms with Crippen LogP contribution >= 0.6 is 0 Å². The second-order valence-corrected chi connectivity index (χ2v) is 5.55. The first-order valence-corrected chi connectivity index (χ1v) is 7.39. The lowest BCUT2D eigenvalue weighted by Gasteiger charge is -2.18. The van der Waals surface area contributed by atoms with Crippen LogP contribution in [0, 0.1) is 0 Å². The van der Waals surface area contributed by atoms with E-state index in [2.05, 4.69) is 10.6 Å². The van der Waals surface area contributed by atoms with Gasteiger partial charge in [-0.1, -0.05) is 48.5 Å². The van der Waals surface area contributed by atoms with Crippen LogP contribution in [-0.2, 0) is 10.3 Å². The highest BCUT2D eigenvalue weighted by Crippen LogP contribution is 2.45. The van der Waals surface area contributed by atoms with Crippen molar-refractivity contribution in [3.63, 3.8) is 0 Å². The summed E-state index contributed by atoms with van der Waals surface area (Å²) >= 11 is 0. The van der Waals surface area contributed by atoms with Crippen LogP contribution in [0.4, 0.5) is 0 Å². The van der Waals surface area contributed by atoms with Crippen molar-refractivity contribution >= 4 is 11.8 Å². The Morgan fingerprint density at radius 2 is 1.50 bits per heavy atom. The average Bonchev–Trinajstić information content (AvgIpc) is 3.35. The molecule has 0 spiro atoms. The largest absolute Gasteiger partial charge is 0.345 e. The summed E-state index contributed by atoms with van der Waals surface area (Å²) in [6, 6.07) is 18.8. The van der Waals surface area contributed by atoms with Crippen molar-refractivity contribution in [2.24, 2.45) is 0 Å². The van der Waals surface area contributed by atoms with E-state index >= 15 is 0 Å². The number of rotatable bonds is 5. The molecule has 22 heavy (non-hydrogen) atoms. The normalized spacial score (nSPS) is 14.9. The third kappa shape index (κ3) is 3.17. The molecule has 2 aromatic carbocycles. The van der Waals surface area contributed by atoms with E-state index in [0.29, 0.717) is 5.56 Å². The SMILES string of the molecule is O=C(CNC(=O)c1ccccc1)NC1(c2ccccc2)CC1. The Balaban J connectivity index is 1.54. The molecule has 2 N–H and O–H groups in total. The van der Waals surface area contributed by atoms with Gasteiger partial charge in [0.15, 0.2) is 0 Å². The Kier molecular flexibility index (Phi) is 3.92. The molecule has 4 nitrogen and oxygen atoms in total. The molecule has 112 valence electrons. The lowest BCUT2D eigenvalue weighted by Crippen LogP contribution is -2.42. The number of hydrogen-bond donors (Lipinski definition) is 2. The second kappa shape index (κ2) is 6.02. The number of carbonyl (C=O) groups excluding carboxylic acids is 2. The number of carbonyl (C=O) groups is 2. The summed E-state index contributed by atoms with van der Waals surface area (Å²) in [5.41, 5.74) is 1.44. The first-order valence-electron chi connectivity index (χ1n) is 7.39. The van der Waals surface area contributed by atoms with Crippen LogP contribution in [0.5, 0.6) is 0 Å². The van der Waals surface area contributed by atoms with Gasteiger partial charge in [0.2, 0.25) is 5.91 Å². The van der Waals surface area contributed by atoms with Crippen LogP contribution in [-0.4, -0.2) is 18.4 Å². The van der Waals surface area contributed by atoms with Crippen LogP contribution in [0.3, 0.4) is 0 Å². The Bertz CT molecular complexity index is 664. The number of nitrogens with one attached hydrogen (secondary N) is 2. The number of benzene rings is 2. The Labute approximate surface area is 129 Å². The molecule has 0 radical (unpaired) electrons. The molecular weight excluding hydrogens is 276 g/mol. The summed E-state index contributed by atoms with van der Waals surface area (Å²) in [5, 5.41) is 5.69. The fourth-order valence-electron chi connectivity index (χ4n) is 2.53. The summed E-state index contributed by atoms with van der Waals surface area (Å²) in [6.45, 7) is -0.0116. The van der Waals surface area contributed by atoms with Gasteiger partial charge < -0.3 is 10.6 Å². The van der Waals surface area contributed by atoms with Crippen LogP contribution < -0.4 is 10.6 Å². The van der Waals surface area contributed by atoms with Crippen molar-refractivity contribution in [3.05, 3.63) is 71.8 Å². The predicted molar refractivity (Wildman–Crippen MR) is 84.3 cm³/mol. The minimum Gasteiger partial charge on any atom is -0.345 e. The molecule has 2 aromatic rings. The molecule has 1 aliphatic rings. The quantitative estimate of drug-likeness (QED) is 0.888. The second-order valence-electron chi connectivity index (χ2n) is 5.55. The molecule has 0 saturated heterocycles. The van der Waals surface area contributed by atoms with Gasteiger partial charge in [-0.3, -0.25) is 9.59 Å². The molecule has 4 heteroatoms. The molecule has 0 unspecified atom stereocenters. The molecule has 0 heterocycles. The van der Waals surface area contributed by atoms with Crippen molar-refractivity contribution in [2.45, 2.75) is 18.4 Å². The maximum Gasteiger partial charge on any atom is 0.251 e. The van der Waals surface area contributed by atoms with Crippen LogP contribution in [0.1, 0.15) is 28.8 Å². The first kappa shape index (κ1) is 14.3. The summed E-state index contributed by atoms with van der Waals surface area (Å²) in [6.07, 6.45) is 1.88. The summed E-state index contributed by atoms with van der Waals surface area (Å²) < 4.78 is 0. The maximum atomic E-state index is 12.1. The summed E-state index contributed by atoms with van der Waals surface area (Å²) in [5.74, 6) is -0.397. The zero-order chi connectivity index (χ0) is 15.4. The highest BCUT2D eigenvalue weighted by molar-refractivity contribution is 5.96. The van der Waals surface area contributed by atoms with E-state index in [0.717, 1.165) is 18.4 Å². The Hall–Kier alpha value is -2.62. The van der Waals surface area contributed by atoms with E-state index in [9.17, 15) is 9.59 Å². The predicted octanol–water partition coefficient (Wildman–Crippen LogP) is 2.22. The lowest BCUT2D eigenvalue weighted by molar-refractivity contribution is -0.121. The number of hydrogen-bond acceptors (Lipinski definition) is 2. The number of amides is 2. The zero-order valence-corrected chi connectivity index (χ0v) is 12.2.